The lowest BCUT2D eigenvalue weighted by molar-refractivity contribution is 0.0385. The van der Waals surface area contributed by atoms with Crippen LogP contribution >= 0.6 is 0 Å². The van der Waals surface area contributed by atoms with E-state index in [-0.39, 0.29) is 17.8 Å². The molecule has 34 heavy (non-hydrogen) atoms. The molecule has 0 aromatic heterocycles. The second-order valence-electron chi connectivity index (χ2n) is 10.6. The molecule has 2 aromatic rings. The molecule has 6 heteroatoms. The molecule has 184 valence electrons. The molecule has 2 aliphatic carbocycles. The van der Waals surface area contributed by atoms with Crippen LogP contribution in [0.15, 0.2) is 48.5 Å². The van der Waals surface area contributed by atoms with E-state index in [4.69, 9.17) is 4.74 Å². The van der Waals surface area contributed by atoms with E-state index in [2.05, 4.69) is 46.0 Å². The van der Waals surface area contributed by atoms with Crippen LogP contribution in [0.1, 0.15) is 55.2 Å². The lowest BCUT2D eigenvalue weighted by Crippen LogP contribution is -2.53. The first-order chi connectivity index (χ1) is 16.5. The van der Waals surface area contributed by atoms with Crippen molar-refractivity contribution in [2.24, 2.45) is 5.92 Å². The molecular weight excluding hydrogens is 444 g/mol. The standard InChI is InChI=1S/C28H38N2O3S/c1-33-16-17-34(31,32)29-26-9-4-8-25(19-26)28-13-5-10-27(20-28)30(15-14-28)21-22-11-12-23-6-2-3-7-24(23)18-22/h2-4,6-9,19,22,27,29H,5,10-18,20-21H2,1H3. The maximum absolute atomic E-state index is 12.4. The first kappa shape index (κ1) is 23.8. The van der Waals surface area contributed by atoms with Crippen molar-refractivity contribution in [2.45, 2.75) is 62.8 Å². The zero-order valence-electron chi connectivity index (χ0n) is 20.3. The van der Waals surface area contributed by atoms with Crippen LogP contribution in [0.3, 0.4) is 0 Å². The van der Waals surface area contributed by atoms with Gasteiger partial charge in [0.05, 0.1) is 12.4 Å². The van der Waals surface area contributed by atoms with Crippen LogP contribution in [0, 0.1) is 5.92 Å². The minimum Gasteiger partial charge on any atom is -0.384 e. The van der Waals surface area contributed by atoms with Crippen molar-refractivity contribution in [3.8, 4) is 0 Å². The van der Waals surface area contributed by atoms with E-state index in [0.29, 0.717) is 11.7 Å². The molecule has 2 bridgehead atoms. The number of methoxy groups -OCH3 is 1. The van der Waals surface area contributed by atoms with Gasteiger partial charge in [-0.2, -0.15) is 0 Å². The van der Waals surface area contributed by atoms with Gasteiger partial charge in [0.2, 0.25) is 10.0 Å². The summed E-state index contributed by atoms with van der Waals surface area (Å²) in [6.45, 7) is 2.56. The third-order valence-electron chi connectivity index (χ3n) is 8.46. The van der Waals surface area contributed by atoms with Crippen LogP contribution in [-0.2, 0) is 33.0 Å². The summed E-state index contributed by atoms with van der Waals surface area (Å²) in [5, 5.41) is 0. The number of hydrogen-bond acceptors (Lipinski definition) is 4. The summed E-state index contributed by atoms with van der Waals surface area (Å²) < 4.78 is 32.4. The third-order valence-corrected chi connectivity index (χ3v) is 9.71. The number of nitrogens with zero attached hydrogens (tertiary/aromatic N) is 1. The van der Waals surface area contributed by atoms with Crippen LogP contribution in [-0.4, -0.2) is 51.9 Å². The van der Waals surface area contributed by atoms with E-state index in [9.17, 15) is 8.42 Å². The van der Waals surface area contributed by atoms with Gasteiger partial charge in [-0.05, 0) is 91.6 Å². The highest BCUT2D eigenvalue weighted by Crippen LogP contribution is 2.47. The zero-order valence-corrected chi connectivity index (χ0v) is 21.2. The van der Waals surface area contributed by atoms with Crippen molar-refractivity contribution in [3.05, 3.63) is 65.2 Å². The Balaban J connectivity index is 1.26. The summed E-state index contributed by atoms with van der Waals surface area (Å²) in [5.74, 6) is 0.732. The monoisotopic (exact) mass is 482 g/mol. The molecule has 0 amide bonds. The van der Waals surface area contributed by atoms with E-state index >= 15 is 0 Å². The lowest BCUT2D eigenvalue weighted by Gasteiger charge is -2.52. The quantitative estimate of drug-likeness (QED) is 0.589. The molecule has 1 heterocycles. The number of hydrogen-bond donors (Lipinski definition) is 1. The third kappa shape index (κ3) is 5.19. The number of fused-ring (bicyclic) bond motifs is 3. The molecule has 3 unspecified atom stereocenters. The molecule has 1 saturated heterocycles. The molecule has 1 saturated carbocycles. The average Bonchev–Trinajstić information content (AvgIpc) is 2.85. The molecular formula is C28H38N2O3S. The first-order valence-corrected chi connectivity index (χ1v) is 14.5. The number of sulfonamides is 1. The Labute approximate surface area is 204 Å². The molecule has 5 rings (SSSR count). The van der Waals surface area contributed by atoms with Crippen molar-refractivity contribution >= 4 is 15.7 Å². The highest BCUT2D eigenvalue weighted by molar-refractivity contribution is 7.92. The Hall–Kier alpha value is -1.89. The van der Waals surface area contributed by atoms with Gasteiger partial charge in [-0.15, -0.1) is 0 Å². The van der Waals surface area contributed by atoms with E-state index in [1.54, 1.807) is 11.1 Å². The molecule has 5 nitrogen and oxygen atoms in total. The number of aryl methyl sites for hydroxylation is 1. The van der Waals surface area contributed by atoms with Gasteiger partial charge in [0.15, 0.2) is 0 Å². The summed E-state index contributed by atoms with van der Waals surface area (Å²) in [6, 6.07) is 17.8. The van der Waals surface area contributed by atoms with Crippen LogP contribution in [0.4, 0.5) is 5.69 Å². The molecule has 1 N–H and O–H groups in total. The maximum Gasteiger partial charge on any atom is 0.234 e. The van der Waals surface area contributed by atoms with Gasteiger partial charge < -0.3 is 9.64 Å². The fourth-order valence-electron chi connectivity index (χ4n) is 6.65. The molecule has 0 spiro atoms. The topological polar surface area (TPSA) is 58.6 Å². The van der Waals surface area contributed by atoms with Gasteiger partial charge in [-0.25, -0.2) is 8.42 Å². The number of nitrogens with one attached hydrogen (secondary N) is 1. The number of anilines is 1. The number of piperidine rings is 1. The minimum atomic E-state index is -3.40. The maximum atomic E-state index is 12.4. The Kier molecular flexibility index (Phi) is 7.01. The number of rotatable bonds is 8. The molecule has 3 aliphatic rings. The largest absolute Gasteiger partial charge is 0.384 e. The Morgan fingerprint density at radius 2 is 1.94 bits per heavy atom. The Morgan fingerprint density at radius 3 is 2.79 bits per heavy atom. The summed E-state index contributed by atoms with van der Waals surface area (Å²) >= 11 is 0. The zero-order chi connectivity index (χ0) is 23.6. The number of benzene rings is 2. The number of ether oxygens (including phenoxy) is 1. The van der Waals surface area contributed by atoms with Crippen molar-refractivity contribution in [2.75, 3.05) is 37.3 Å². The molecule has 0 radical (unpaired) electrons. The van der Waals surface area contributed by atoms with Crippen LogP contribution in [0.5, 0.6) is 0 Å². The minimum absolute atomic E-state index is 0.0262. The van der Waals surface area contributed by atoms with Gasteiger partial charge >= 0.3 is 0 Å². The van der Waals surface area contributed by atoms with Crippen molar-refractivity contribution < 1.29 is 13.2 Å². The summed E-state index contributed by atoms with van der Waals surface area (Å²) in [7, 11) is -1.88. The highest BCUT2D eigenvalue weighted by atomic mass is 32.2. The average molecular weight is 483 g/mol. The first-order valence-electron chi connectivity index (χ1n) is 12.9. The molecule has 2 fully saturated rings. The SMILES string of the molecule is COCCS(=O)(=O)Nc1cccc(C23CCCC(C2)N(CC2CCc4ccccc4C2)CC3)c1. The van der Waals surface area contributed by atoms with Crippen molar-refractivity contribution in [1.29, 1.82) is 0 Å². The lowest BCUT2D eigenvalue weighted by atomic mass is 9.63. The van der Waals surface area contributed by atoms with Crippen molar-refractivity contribution in [3.63, 3.8) is 0 Å². The normalized spacial score (nSPS) is 27.2. The van der Waals surface area contributed by atoms with E-state index < -0.39 is 10.0 Å². The van der Waals surface area contributed by atoms with Gasteiger partial charge in [0, 0.05) is 25.4 Å². The van der Waals surface area contributed by atoms with Gasteiger partial charge in [-0.1, -0.05) is 42.8 Å². The molecule has 2 aromatic carbocycles. The van der Waals surface area contributed by atoms with Crippen LogP contribution < -0.4 is 4.72 Å². The second-order valence-corrected chi connectivity index (χ2v) is 12.5. The smallest absolute Gasteiger partial charge is 0.234 e. The fraction of sp³-hybridized carbons (Fsp3) is 0.571. The van der Waals surface area contributed by atoms with Crippen molar-refractivity contribution in [1.82, 2.24) is 4.90 Å². The van der Waals surface area contributed by atoms with Crippen LogP contribution in [0.25, 0.3) is 0 Å². The molecule has 1 aliphatic heterocycles. The highest BCUT2D eigenvalue weighted by Gasteiger charge is 2.44. The van der Waals surface area contributed by atoms with E-state index in [1.165, 1.54) is 64.2 Å². The summed E-state index contributed by atoms with van der Waals surface area (Å²) in [6.07, 6.45) is 9.83. The Morgan fingerprint density at radius 1 is 1.09 bits per heavy atom. The predicted molar refractivity (Wildman–Crippen MR) is 138 cm³/mol. The van der Waals surface area contributed by atoms with Gasteiger partial charge in [0.1, 0.15) is 0 Å². The van der Waals surface area contributed by atoms with Crippen LogP contribution in [0.2, 0.25) is 0 Å². The Bertz CT molecular complexity index is 1100. The number of likely N-dealkylation sites (tertiary alicyclic amines) is 1. The predicted octanol–water partition coefficient (Wildman–Crippen LogP) is 4.77. The van der Waals surface area contributed by atoms with Gasteiger partial charge in [0.25, 0.3) is 0 Å². The van der Waals surface area contributed by atoms with E-state index in [1.807, 2.05) is 12.1 Å². The fourth-order valence-corrected chi connectivity index (χ4v) is 7.63. The summed E-state index contributed by atoms with van der Waals surface area (Å²) in [5.41, 5.74) is 5.25. The van der Waals surface area contributed by atoms with Gasteiger partial charge in [-0.3, -0.25) is 4.72 Å². The second kappa shape index (κ2) is 10.00. The molecule has 3 atom stereocenters. The van der Waals surface area contributed by atoms with E-state index in [0.717, 1.165) is 18.9 Å². The summed E-state index contributed by atoms with van der Waals surface area (Å²) in [4.78, 5) is 2.79.